The summed E-state index contributed by atoms with van der Waals surface area (Å²) >= 11 is 0. The van der Waals surface area contributed by atoms with Crippen LogP contribution in [0.15, 0.2) is 231 Å². The van der Waals surface area contributed by atoms with Crippen LogP contribution in [0.1, 0.15) is 0 Å². The molecule has 0 saturated carbocycles. The van der Waals surface area contributed by atoms with E-state index in [9.17, 15) is 0 Å². The van der Waals surface area contributed by atoms with E-state index in [-0.39, 0.29) is 0 Å². The fourth-order valence-corrected chi connectivity index (χ4v) is 12.6. The predicted octanol–water partition coefficient (Wildman–Crippen LogP) is 14.6. The largest absolute Gasteiger partial charge is 0.228 e. The van der Waals surface area contributed by atoms with E-state index in [1.807, 2.05) is 0 Å². The van der Waals surface area contributed by atoms with Crippen molar-refractivity contribution in [2.75, 3.05) is 0 Å². The molecule has 2 heterocycles. The van der Waals surface area contributed by atoms with E-state index in [0.29, 0.717) is 0 Å². The zero-order valence-electron chi connectivity index (χ0n) is 35.3. The average Bonchev–Trinajstić information content (AvgIpc) is 3.60. The van der Waals surface area contributed by atoms with Crippen LogP contribution in [0.5, 0.6) is 0 Å². The Hall–Kier alpha value is -7.72. The van der Waals surface area contributed by atoms with Gasteiger partial charge in [-0.2, -0.15) is 0 Å². The molecule has 0 fully saturated rings. The van der Waals surface area contributed by atoms with Gasteiger partial charge in [-0.3, -0.25) is 0 Å². The molecule has 0 saturated heterocycles. The van der Waals surface area contributed by atoms with Crippen molar-refractivity contribution in [3.63, 3.8) is 0 Å². The van der Waals surface area contributed by atoms with Crippen molar-refractivity contribution >= 4 is 18.4 Å². The molecule has 0 aliphatic carbocycles. The Balaban J connectivity index is 1.00. The molecular formula is C60H44N2Si. The summed E-state index contributed by atoms with van der Waals surface area (Å²) in [6.45, 7) is 4.89. The molecule has 298 valence electrons. The predicted molar refractivity (Wildman–Crippen MR) is 268 cm³/mol. The van der Waals surface area contributed by atoms with E-state index in [1.54, 1.807) is 0 Å². The zero-order chi connectivity index (χ0) is 42.3. The first kappa shape index (κ1) is 38.2. The van der Waals surface area contributed by atoms with Crippen LogP contribution in [0.25, 0.3) is 101 Å². The van der Waals surface area contributed by atoms with E-state index in [4.69, 9.17) is 9.97 Å². The molecule has 10 aromatic rings. The molecule has 1 aliphatic rings. The second kappa shape index (κ2) is 16.0. The second-order valence-corrected chi connectivity index (χ2v) is 21.3. The third-order valence-electron chi connectivity index (χ3n) is 12.6. The summed E-state index contributed by atoms with van der Waals surface area (Å²) < 4.78 is 0. The van der Waals surface area contributed by atoms with Gasteiger partial charge in [0, 0.05) is 11.1 Å². The maximum absolute atomic E-state index is 5.52. The summed E-state index contributed by atoms with van der Waals surface area (Å²) in [5.74, 6) is 0.742. The Morgan fingerprint density at radius 3 is 1.19 bits per heavy atom. The summed E-state index contributed by atoms with van der Waals surface area (Å²) in [6, 6.07) is 83.2. The van der Waals surface area contributed by atoms with Gasteiger partial charge in [0.15, 0.2) is 5.82 Å². The summed E-state index contributed by atoms with van der Waals surface area (Å²) in [5.41, 5.74) is 19.6. The highest BCUT2D eigenvalue weighted by Crippen LogP contribution is 2.38. The lowest BCUT2D eigenvalue weighted by Crippen LogP contribution is -2.50. The van der Waals surface area contributed by atoms with Gasteiger partial charge in [-0.05, 0) is 119 Å². The third-order valence-corrected chi connectivity index (χ3v) is 16.2. The fraction of sp³-hybridized carbons (Fsp3) is 0.0333. The lowest BCUT2D eigenvalue weighted by atomic mass is 9.91. The van der Waals surface area contributed by atoms with E-state index in [2.05, 4.69) is 244 Å². The third kappa shape index (κ3) is 7.23. The molecular weight excluding hydrogens is 777 g/mol. The van der Waals surface area contributed by atoms with Crippen molar-refractivity contribution < 1.29 is 0 Å². The number of hydrogen-bond acceptors (Lipinski definition) is 2. The highest BCUT2D eigenvalue weighted by molar-refractivity contribution is 7.04. The highest BCUT2D eigenvalue weighted by Gasteiger charge is 2.41. The molecule has 0 radical (unpaired) electrons. The van der Waals surface area contributed by atoms with Crippen molar-refractivity contribution in [1.82, 2.24) is 9.97 Å². The minimum atomic E-state index is -2.13. The van der Waals surface area contributed by atoms with Crippen molar-refractivity contribution in [2.45, 2.75) is 13.1 Å². The highest BCUT2D eigenvalue weighted by atomic mass is 28.3. The van der Waals surface area contributed by atoms with E-state index >= 15 is 0 Å². The van der Waals surface area contributed by atoms with Crippen LogP contribution in [0.2, 0.25) is 13.1 Å². The number of rotatable bonds is 8. The first-order valence-corrected chi connectivity index (χ1v) is 24.7. The molecule has 0 spiro atoms. The van der Waals surface area contributed by atoms with Gasteiger partial charge in [-0.25, -0.2) is 9.97 Å². The molecule has 1 aliphatic heterocycles. The molecule has 0 N–H and O–H groups in total. The van der Waals surface area contributed by atoms with Crippen LogP contribution in [0, 0.1) is 0 Å². The van der Waals surface area contributed by atoms with Gasteiger partial charge in [-0.1, -0.05) is 207 Å². The van der Waals surface area contributed by atoms with Gasteiger partial charge in [0.05, 0.1) is 11.4 Å². The lowest BCUT2D eigenvalue weighted by molar-refractivity contribution is 1.20. The molecule has 11 rings (SSSR count). The number of hydrogen-bond donors (Lipinski definition) is 0. The van der Waals surface area contributed by atoms with Crippen molar-refractivity contribution in [3.8, 4) is 101 Å². The molecule has 3 heteroatoms. The maximum Gasteiger partial charge on any atom is 0.160 e. The maximum atomic E-state index is 5.52. The van der Waals surface area contributed by atoms with E-state index < -0.39 is 8.07 Å². The monoisotopic (exact) mass is 820 g/mol. The summed E-state index contributed by atoms with van der Waals surface area (Å²) in [5, 5.41) is 2.73. The Kier molecular flexibility index (Phi) is 9.68. The molecule has 63 heavy (non-hydrogen) atoms. The molecule has 0 unspecified atom stereocenters. The second-order valence-electron chi connectivity index (χ2n) is 17.0. The van der Waals surface area contributed by atoms with E-state index in [0.717, 1.165) is 45.0 Å². The standard InChI is InChI=1S/C60H44N2Si/c1-63(2)56-30-13-12-29-55(56)58-59(63)57(50-27-15-23-46(36-50)42-19-8-4-9-20-42)61-60(62-58)51-28-16-25-48(37-51)47-24-14-26-49(35-47)54-39-52(43-21-10-5-11-22-43)38-53(40-54)45-33-31-44(32-34-45)41-17-6-3-7-18-41/h3-40H,1-2H3. The average molecular weight is 821 g/mol. The van der Waals surface area contributed by atoms with Gasteiger partial charge < -0.3 is 0 Å². The van der Waals surface area contributed by atoms with Gasteiger partial charge in [0.1, 0.15) is 8.07 Å². The first-order chi connectivity index (χ1) is 31.0. The fourth-order valence-electron chi connectivity index (χ4n) is 9.39. The van der Waals surface area contributed by atoms with Crippen LogP contribution in [0.3, 0.4) is 0 Å². The number of nitrogens with zero attached hydrogens (tertiary/aromatic N) is 2. The van der Waals surface area contributed by atoms with Crippen molar-refractivity contribution in [2.24, 2.45) is 0 Å². The van der Waals surface area contributed by atoms with Crippen molar-refractivity contribution in [1.29, 1.82) is 0 Å². The van der Waals surface area contributed by atoms with Crippen LogP contribution >= 0.6 is 0 Å². The van der Waals surface area contributed by atoms with Gasteiger partial charge in [0.2, 0.25) is 0 Å². The quantitative estimate of drug-likeness (QED) is 0.143. The topological polar surface area (TPSA) is 25.8 Å². The molecule has 2 nitrogen and oxygen atoms in total. The number of aromatic nitrogens is 2. The number of benzene rings is 9. The van der Waals surface area contributed by atoms with E-state index in [1.165, 1.54) is 66.0 Å². The van der Waals surface area contributed by atoms with Crippen molar-refractivity contribution in [3.05, 3.63) is 231 Å². The Morgan fingerprint density at radius 1 is 0.270 bits per heavy atom. The molecule has 1 aromatic heterocycles. The summed E-state index contributed by atoms with van der Waals surface area (Å²) in [6.07, 6.45) is 0. The van der Waals surface area contributed by atoms with Gasteiger partial charge in [-0.15, -0.1) is 0 Å². The molecule has 0 bridgehead atoms. The zero-order valence-corrected chi connectivity index (χ0v) is 36.3. The Bertz CT molecular complexity index is 3280. The SMILES string of the molecule is C[Si]1(C)c2ccccc2-c2nc(-c3cccc(-c4cccc(-c5cc(-c6ccccc6)cc(-c6ccc(-c7ccccc7)cc6)c5)c4)c3)nc(-c3cccc(-c4ccccc4)c3)c21. The molecule has 9 aromatic carbocycles. The van der Waals surface area contributed by atoms with Crippen LogP contribution < -0.4 is 10.4 Å². The lowest BCUT2D eigenvalue weighted by Gasteiger charge is -2.22. The Labute approximate surface area is 370 Å². The number of fused-ring (bicyclic) bond motifs is 3. The van der Waals surface area contributed by atoms with Gasteiger partial charge in [0.25, 0.3) is 0 Å². The smallest absolute Gasteiger partial charge is 0.160 e. The first-order valence-electron chi connectivity index (χ1n) is 21.7. The minimum Gasteiger partial charge on any atom is -0.228 e. The van der Waals surface area contributed by atoms with Crippen LogP contribution in [-0.2, 0) is 0 Å². The summed E-state index contributed by atoms with van der Waals surface area (Å²) in [7, 11) is -2.13. The molecule has 0 atom stereocenters. The van der Waals surface area contributed by atoms with Crippen LogP contribution in [0.4, 0.5) is 0 Å². The van der Waals surface area contributed by atoms with Crippen LogP contribution in [-0.4, -0.2) is 18.0 Å². The molecule has 0 amide bonds. The minimum absolute atomic E-state index is 0.742. The Morgan fingerprint density at radius 2 is 0.603 bits per heavy atom. The van der Waals surface area contributed by atoms with Gasteiger partial charge >= 0.3 is 0 Å². The summed E-state index contributed by atoms with van der Waals surface area (Å²) in [4.78, 5) is 11.0. The normalized spacial score (nSPS) is 12.4.